The summed E-state index contributed by atoms with van der Waals surface area (Å²) in [6, 6.07) is 19.8. The number of halogens is 1. The lowest BCUT2D eigenvalue weighted by Gasteiger charge is -2.25. The number of amides is 1. The maximum absolute atomic E-state index is 12.8. The Hall–Kier alpha value is -4.50. The first-order chi connectivity index (χ1) is 18.8. The summed E-state index contributed by atoms with van der Waals surface area (Å²) in [7, 11) is 0. The monoisotopic (exact) mass is 544 g/mol. The smallest absolute Gasteiger partial charge is 0.326 e. The Bertz CT molecular complexity index is 1570. The Kier molecular flexibility index (Phi) is 7.42. The van der Waals surface area contributed by atoms with Gasteiger partial charge in [0.1, 0.15) is 22.8 Å². The van der Waals surface area contributed by atoms with Gasteiger partial charge in [-0.2, -0.15) is 0 Å². The van der Waals surface area contributed by atoms with E-state index in [1.807, 2.05) is 48.5 Å². The molecule has 1 unspecified atom stereocenters. The zero-order valence-electron chi connectivity index (χ0n) is 20.8. The van der Waals surface area contributed by atoms with Crippen molar-refractivity contribution < 1.29 is 24.6 Å². The van der Waals surface area contributed by atoms with Gasteiger partial charge in [0.25, 0.3) is 5.91 Å². The minimum absolute atomic E-state index is 0.00675. The number of aromatic nitrogens is 2. The van der Waals surface area contributed by atoms with Crippen LogP contribution in [0, 0.1) is 0 Å². The molecule has 39 heavy (non-hydrogen) atoms. The molecule has 4 aromatic rings. The average Bonchev–Trinajstić information content (AvgIpc) is 3.41. The second-order valence-electron chi connectivity index (χ2n) is 9.38. The molecule has 0 aliphatic carbocycles. The second-order valence-corrected chi connectivity index (χ2v) is 9.74. The normalized spacial score (nSPS) is 14.9. The van der Waals surface area contributed by atoms with Crippen molar-refractivity contribution in [1.82, 2.24) is 9.97 Å². The molecule has 0 spiro atoms. The maximum Gasteiger partial charge on any atom is 0.326 e. The molecule has 2 heterocycles. The number of aliphatic carboxylic acids is 2. The van der Waals surface area contributed by atoms with Crippen molar-refractivity contribution in [2.24, 2.45) is 0 Å². The minimum Gasteiger partial charge on any atom is -0.481 e. The zero-order valence-corrected chi connectivity index (χ0v) is 21.6. The van der Waals surface area contributed by atoms with Crippen LogP contribution in [0.3, 0.4) is 0 Å². The van der Waals surface area contributed by atoms with Crippen molar-refractivity contribution in [3.8, 4) is 0 Å². The van der Waals surface area contributed by atoms with Gasteiger partial charge in [-0.05, 0) is 53.4 Å². The molecular weight excluding hydrogens is 520 g/mol. The average molecular weight is 545 g/mol. The third-order valence-corrected chi connectivity index (χ3v) is 7.02. The lowest BCUT2D eigenvalue weighted by atomic mass is 10.1. The number of anilines is 2. The SMILES string of the molecule is O=C(O)Cc1c(Cl)nc(Cc2ccc(NC(=O)c3ccc4ccccc4c3)cc2)nc1N1CCCC1C(=O)O. The Morgan fingerprint density at radius 1 is 0.974 bits per heavy atom. The van der Waals surface area contributed by atoms with Gasteiger partial charge in [-0.3, -0.25) is 9.59 Å². The molecule has 10 heteroatoms. The van der Waals surface area contributed by atoms with Gasteiger partial charge in [-0.25, -0.2) is 14.8 Å². The maximum atomic E-state index is 12.8. The number of carboxylic acids is 2. The Balaban J connectivity index is 1.34. The quantitative estimate of drug-likeness (QED) is 0.269. The fourth-order valence-corrected chi connectivity index (χ4v) is 5.06. The number of fused-ring (bicyclic) bond motifs is 1. The highest BCUT2D eigenvalue weighted by molar-refractivity contribution is 6.30. The lowest BCUT2D eigenvalue weighted by Crippen LogP contribution is -2.37. The van der Waals surface area contributed by atoms with Crippen LogP contribution in [0.2, 0.25) is 5.15 Å². The first-order valence-electron chi connectivity index (χ1n) is 12.4. The number of hydrogen-bond acceptors (Lipinski definition) is 6. The summed E-state index contributed by atoms with van der Waals surface area (Å²) in [5, 5.41) is 23.9. The molecule has 1 aliphatic heterocycles. The third kappa shape index (κ3) is 5.83. The molecule has 0 saturated carbocycles. The third-order valence-electron chi connectivity index (χ3n) is 6.70. The largest absolute Gasteiger partial charge is 0.481 e. The van der Waals surface area contributed by atoms with Crippen molar-refractivity contribution in [1.29, 1.82) is 0 Å². The van der Waals surface area contributed by atoms with Crippen LogP contribution in [-0.4, -0.2) is 50.6 Å². The van der Waals surface area contributed by atoms with Crippen molar-refractivity contribution in [2.75, 3.05) is 16.8 Å². The zero-order chi connectivity index (χ0) is 27.5. The molecule has 3 N–H and O–H groups in total. The van der Waals surface area contributed by atoms with Gasteiger partial charge in [-0.15, -0.1) is 0 Å². The van der Waals surface area contributed by atoms with E-state index in [1.54, 1.807) is 23.1 Å². The van der Waals surface area contributed by atoms with Crippen LogP contribution in [0.4, 0.5) is 11.5 Å². The molecule has 9 nitrogen and oxygen atoms in total. The molecule has 1 atom stereocenters. The van der Waals surface area contributed by atoms with Crippen molar-refractivity contribution in [2.45, 2.75) is 31.7 Å². The predicted molar refractivity (Wildman–Crippen MR) is 148 cm³/mol. The summed E-state index contributed by atoms with van der Waals surface area (Å²) >= 11 is 6.39. The molecule has 198 valence electrons. The van der Waals surface area contributed by atoms with Crippen LogP contribution < -0.4 is 10.2 Å². The molecule has 1 aromatic heterocycles. The number of carbonyl (C=O) groups is 3. The van der Waals surface area contributed by atoms with Gasteiger partial charge < -0.3 is 20.4 Å². The minimum atomic E-state index is -1.11. The summed E-state index contributed by atoms with van der Waals surface area (Å²) in [6.07, 6.45) is 0.950. The summed E-state index contributed by atoms with van der Waals surface area (Å²) in [5.74, 6) is -1.74. The van der Waals surface area contributed by atoms with Gasteiger partial charge in [0.15, 0.2) is 0 Å². The fraction of sp³-hybridized carbons (Fsp3) is 0.207. The van der Waals surface area contributed by atoms with Gasteiger partial charge in [0.05, 0.1) is 6.42 Å². The first kappa shape index (κ1) is 26.1. The van der Waals surface area contributed by atoms with Crippen LogP contribution >= 0.6 is 11.6 Å². The van der Waals surface area contributed by atoms with Crippen LogP contribution in [0.1, 0.15) is 40.2 Å². The highest BCUT2D eigenvalue weighted by Crippen LogP contribution is 2.31. The number of hydrogen-bond donors (Lipinski definition) is 3. The van der Waals surface area contributed by atoms with Crippen LogP contribution in [0.5, 0.6) is 0 Å². The summed E-state index contributed by atoms with van der Waals surface area (Å²) in [5.41, 5.74) is 2.21. The molecule has 1 fully saturated rings. The number of nitrogens with zero attached hydrogens (tertiary/aromatic N) is 3. The predicted octanol–water partition coefficient (Wildman–Crippen LogP) is 4.81. The van der Waals surface area contributed by atoms with Gasteiger partial charge >= 0.3 is 11.9 Å². The number of carboxylic acid groups (broad SMARTS) is 2. The van der Waals surface area contributed by atoms with Crippen LogP contribution in [-0.2, 0) is 22.4 Å². The number of benzene rings is 3. The highest BCUT2D eigenvalue weighted by Gasteiger charge is 2.34. The summed E-state index contributed by atoms with van der Waals surface area (Å²) in [6.45, 7) is 0.433. The number of carbonyl (C=O) groups excluding carboxylic acids is 1. The topological polar surface area (TPSA) is 133 Å². The Morgan fingerprint density at radius 3 is 2.44 bits per heavy atom. The van der Waals surface area contributed by atoms with E-state index in [4.69, 9.17) is 11.6 Å². The van der Waals surface area contributed by atoms with E-state index in [0.717, 1.165) is 16.3 Å². The summed E-state index contributed by atoms with van der Waals surface area (Å²) < 4.78 is 0. The molecule has 0 bridgehead atoms. The van der Waals surface area contributed by atoms with Gasteiger partial charge in [-0.1, -0.05) is 54.1 Å². The highest BCUT2D eigenvalue weighted by atomic mass is 35.5. The standard InChI is InChI=1S/C29H25ClN4O5/c30-26-22(16-25(35)36)27(34-13-3-6-23(34)29(38)39)33-24(32-26)14-17-7-11-21(12-8-17)31-28(37)20-10-9-18-4-1-2-5-19(18)15-20/h1-2,4-5,7-12,15,23H,3,6,13-14,16H2,(H,31,37)(H,35,36)(H,38,39). The fourth-order valence-electron chi connectivity index (χ4n) is 4.81. The molecule has 1 saturated heterocycles. The molecule has 5 rings (SSSR count). The van der Waals surface area contributed by atoms with E-state index in [2.05, 4.69) is 15.3 Å². The van der Waals surface area contributed by atoms with E-state index < -0.39 is 24.4 Å². The molecule has 3 aromatic carbocycles. The van der Waals surface area contributed by atoms with Gasteiger partial charge in [0, 0.05) is 29.8 Å². The van der Waals surface area contributed by atoms with E-state index in [1.165, 1.54) is 0 Å². The van der Waals surface area contributed by atoms with Crippen LogP contribution in [0.25, 0.3) is 10.8 Å². The molecule has 1 amide bonds. The van der Waals surface area contributed by atoms with Gasteiger partial charge in [0.2, 0.25) is 0 Å². The van der Waals surface area contributed by atoms with Crippen molar-refractivity contribution in [3.05, 3.63) is 94.4 Å². The lowest BCUT2D eigenvalue weighted by molar-refractivity contribution is -0.138. The Morgan fingerprint density at radius 2 is 1.72 bits per heavy atom. The van der Waals surface area contributed by atoms with E-state index in [0.29, 0.717) is 36.5 Å². The Labute approximate surface area is 229 Å². The second kappa shape index (κ2) is 11.1. The molecule has 1 aliphatic rings. The van der Waals surface area contributed by atoms with E-state index in [9.17, 15) is 24.6 Å². The van der Waals surface area contributed by atoms with Crippen molar-refractivity contribution >= 4 is 51.7 Å². The van der Waals surface area contributed by atoms with E-state index >= 15 is 0 Å². The molecular formula is C29H25ClN4O5. The summed E-state index contributed by atoms with van der Waals surface area (Å²) in [4.78, 5) is 46.5. The van der Waals surface area contributed by atoms with Crippen molar-refractivity contribution in [3.63, 3.8) is 0 Å². The number of nitrogens with one attached hydrogen (secondary N) is 1. The van der Waals surface area contributed by atoms with E-state index in [-0.39, 0.29) is 28.9 Å². The number of rotatable bonds is 8. The van der Waals surface area contributed by atoms with Crippen LogP contribution in [0.15, 0.2) is 66.7 Å². The first-order valence-corrected chi connectivity index (χ1v) is 12.8. The molecule has 0 radical (unpaired) electrons.